The van der Waals surface area contributed by atoms with Crippen LogP contribution in [0.15, 0.2) is 30.3 Å². The van der Waals surface area contributed by atoms with Crippen LogP contribution in [0.3, 0.4) is 0 Å². The average molecular weight is 265 g/mol. The number of carbonyl (C=O) groups is 2. The summed E-state index contributed by atoms with van der Waals surface area (Å²) in [6.07, 6.45) is 0. The number of hydrogen-bond donors (Lipinski definition) is 3. The van der Waals surface area contributed by atoms with Gasteiger partial charge in [0.1, 0.15) is 6.04 Å². The molecule has 1 aromatic carbocycles. The Morgan fingerprint density at radius 3 is 2.53 bits per heavy atom. The molecule has 1 atom stereocenters. The van der Waals surface area contributed by atoms with Crippen LogP contribution in [0.1, 0.15) is 6.92 Å². The van der Waals surface area contributed by atoms with Gasteiger partial charge in [-0.25, -0.2) is 9.59 Å². The highest BCUT2D eigenvalue weighted by atomic mass is 16.5. The summed E-state index contributed by atoms with van der Waals surface area (Å²) in [5.41, 5.74) is 0.659. The second kappa shape index (κ2) is 8.10. The molecule has 1 rings (SSSR count). The highest BCUT2D eigenvalue weighted by Crippen LogP contribution is 2.04. The molecule has 104 valence electrons. The van der Waals surface area contributed by atoms with Gasteiger partial charge in [0.15, 0.2) is 0 Å². The number of para-hydroxylation sites is 1. The first kappa shape index (κ1) is 15.0. The molecule has 3 N–H and O–H groups in total. The second-order valence-electron chi connectivity index (χ2n) is 3.83. The molecule has 0 aliphatic rings. The largest absolute Gasteiger partial charge is 0.464 e. The maximum absolute atomic E-state index is 11.7. The van der Waals surface area contributed by atoms with E-state index in [9.17, 15) is 9.59 Å². The van der Waals surface area contributed by atoms with E-state index < -0.39 is 18.0 Å². The summed E-state index contributed by atoms with van der Waals surface area (Å²) in [5.74, 6) is -0.458. The van der Waals surface area contributed by atoms with Gasteiger partial charge in [-0.05, 0) is 26.1 Å². The van der Waals surface area contributed by atoms with Crippen molar-refractivity contribution in [2.45, 2.75) is 13.0 Å². The summed E-state index contributed by atoms with van der Waals surface area (Å²) >= 11 is 0. The van der Waals surface area contributed by atoms with E-state index in [1.165, 1.54) is 0 Å². The van der Waals surface area contributed by atoms with E-state index in [1.807, 2.05) is 18.2 Å². The number of rotatable bonds is 6. The van der Waals surface area contributed by atoms with Crippen molar-refractivity contribution >= 4 is 17.7 Å². The molecule has 1 aromatic rings. The first-order valence-corrected chi connectivity index (χ1v) is 6.11. The quantitative estimate of drug-likeness (QED) is 0.669. The van der Waals surface area contributed by atoms with Crippen LogP contribution in [0.5, 0.6) is 0 Å². The lowest BCUT2D eigenvalue weighted by Gasteiger charge is -2.17. The molecule has 6 nitrogen and oxygen atoms in total. The van der Waals surface area contributed by atoms with Crippen molar-refractivity contribution in [2.24, 2.45) is 0 Å². The van der Waals surface area contributed by atoms with Crippen molar-refractivity contribution < 1.29 is 14.3 Å². The number of amides is 2. The SMILES string of the molecule is CCOC(=O)[C@H](CNC)NC(=O)Nc1ccccc1. The number of nitrogens with one attached hydrogen (secondary N) is 3. The third kappa shape index (κ3) is 5.39. The molecule has 0 bridgehead atoms. The molecule has 0 heterocycles. The second-order valence-corrected chi connectivity index (χ2v) is 3.83. The van der Waals surface area contributed by atoms with Crippen molar-refractivity contribution in [3.63, 3.8) is 0 Å². The molecule has 0 saturated heterocycles. The van der Waals surface area contributed by atoms with Crippen molar-refractivity contribution in [3.8, 4) is 0 Å². The molecular weight excluding hydrogens is 246 g/mol. The maximum atomic E-state index is 11.7. The minimum Gasteiger partial charge on any atom is -0.464 e. The standard InChI is InChI=1S/C13H19N3O3/c1-3-19-12(17)11(9-14-2)16-13(18)15-10-7-5-4-6-8-10/h4-8,11,14H,3,9H2,1-2H3,(H2,15,16,18)/t11-/m0/s1. The lowest BCUT2D eigenvalue weighted by atomic mass is 10.3. The molecule has 0 saturated carbocycles. The van der Waals surface area contributed by atoms with E-state index in [0.29, 0.717) is 12.2 Å². The number of esters is 1. The molecule has 0 unspecified atom stereocenters. The van der Waals surface area contributed by atoms with Gasteiger partial charge in [-0.2, -0.15) is 0 Å². The van der Waals surface area contributed by atoms with Gasteiger partial charge in [0.25, 0.3) is 0 Å². The highest BCUT2D eigenvalue weighted by Gasteiger charge is 2.21. The molecule has 0 fully saturated rings. The minimum atomic E-state index is -0.714. The van der Waals surface area contributed by atoms with E-state index in [0.717, 1.165) is 0 Å². The van der Waals surface area contributed by atoms with Crippen molar-refractivity contribution in [1.29, 1.82) is 0 Å². The molecule has 0 aliphatic heterocycles. The fourth-order valence-electron chi connectivity index (χ4n) is 1.49. The summed E-state index contributed by atoms with van der Waals surface area (Å²) in [7, 11) is 1.70. The summed E-state index contributed by atoms with van der Waals surface area (Å²) < 4.78 is 4.89. The van der Waals surface area contributed by atoms with Gasteiger partial charge in [0.2, 0.25) is 0 Å². The number of hydrogen-bond acceptors (Lipinski definition) is 4. The Bertz CT molecular complexity index is 409. The van der Waals surface area contributed by atoms with E-state index >= 15 is 0 Å². The summed E-state index contributed by atoms with van der Waals surface area (Å²) in [5, 5.41) is 8.04. The Labute approximate surface area is 112 Å². The van der Waals surface area contributed by atoms with Gasteiger partial charge in [-0.3, -0.25) is 0 Å². The topological polar surface area (TPSA) is 79.5 Å². The van der Waals surface area contributed by atoms with Gasteiger partial charge in [0, 0.05) is 12.2 Å². The number of urea groups is 1. The van der Waals surface area contributed by atoms with Gasteiger partial charge in [-0.15, -0.1) is 0 Å². The van der Waals surface area contributed by atoms with Gasteiger partial charge < -0.3 is 20.7 Å². The van der Waals surface area contributed by atoms with E-state index in [2.05, 4.69) is 16.0 Å². The van der Waals surface area contributed by atoms with Crippen LogP contribution in [-0.2, 0) is 9.53 Å². The Hall–Kier alpha value is -2.08. The molecule has 2 amide bonds. The smallest absolute Gasteiger partial charge is 0.330 e. The fourth-order valence-corrected chi connectivity index (χ4v) is 1.49. The number of carbonyl (C=O) groups excluding carboxylic acids is 2. The van der Waals surface area contributed by atoms with Crippen LogP contribution in [0.4, 0.5) is 10.5 Å². The predicted molar refractivity (Wildman–Crippen MR) is 72.9 cm³/mol. The highest BCUT2D eigenvalue weighted by molar-refractivity contribution is 5.92. The van der Waals surface area contributed by atoms with Gasteiger partial charge >= 0.3 is 12.0 Å². The van der Waals surface area contributed by atoms with Gasteiger partial charge in [0.05, 0.1) is 6.61 Å². The minimum absolute atomic E-state index is 0.279. The Kier molecular flexibility index (Phi) is 6.38. The third-order valence-corrected chi connectivity index (χ3v) is 2.32. The Morgan fingerprint density at radius 1 is 1.26 bits per heavy atom. The van der Waals surface area contributed by atoms with Crippen LogP contribution in [0.2, 0.25) is 0 Å². The number of likely N-dealkylation sites (N-methyl/N-ethyl adjacent to an activating group) is 1. The van der Waals surface area contributed by atoms with Gasteiger partial charge in [-0.1, -0.05) is 18.2 Å². The zero-order chi connectivity index (χ0) is 14.1. The normalized spacial score (nSPS) is 11.5. The zero-order valence-corrected chi connectivity index (χ0v) is 11.1. The number of benzene rings is 1. The van der Waals surface area contributed by atoms with Crippen molar-refractivity contribution in [3.05, 3.63) is 30.3 Å². The molecule has 0 radical (unpaired) electrons. The van der Waals surface area contributed by atoms with Crippen molar-refractivity contribution in [1.82, 2.24) is 10.6 Å². The molecule has 6 heteroatoms. The van der Waals surface area contributed by atoms with Crippen LogP contribution >= 0.6 is 0 Å². The van der Waals surface area contributed by atoms with E-state index in [4.69, 9.17) is 4.74 Å². The van der Waals surface area contributed by atoms with Crippen LogP contribution in [-0.4, -0.2) is 38.2 Å². The van der Waals surface area contributed by atoms with Crippen LogP contribution in [0, 0.1) is 0 Å². The molecular formula is C13H19N3O3. The van der Waals surface area contributed by atoms with E-state index in [1.54, 1.807) is 26.1 Å². The molecule has 0 spiro atoms. The number of anilines is 1. The summed E-state index contributed by atoms with van der Waals surface area (Å²) in [6, 6.07) is 7.84. The predicted octanol–water partition coefficient (Wildman–Crippen LogP) is 0.959. The first-order valence-electron chi connectivity index (χ1n) is 6.11. The van der Waals surface area contributed by atoms with Crippen LogP contribution < -0.4 is 16.0 Å². The van der Waals surface area contributed by atoms with E-state index in [-0.39, 0.29) is 6.61 Å². The monoisotopic (exact) mass is 265 g/mol. The first-order chi connectivity index (χ1) is 9.17. The fraction of sp³-hybridized carbons (Fsp3) is 0.385. The lowest BCUT2D eigenvalue weighted by Crippen LogP contribution is -2.48. The Balaban J connectivity index is 2.54. The zero-order valence-electron chi connectivity index (χ0n) is 11.1. The molecule has 0 aromatic heterocycles. The molecule has 0 aliphatic carbocycles. The van der Waals surface area contributed by atoms with Crippen molar-refractivity contribution in [2.75, 3.05) is 25.5 Å². The molecule has 19 heavy (non-hydrogen) atoms. The number of ether oxygens (including phenoxy) is 1. The van der Waals surface area contributed by atoms with Crippen LogP contribution in [0.25, 0.3) is 0 Å². The lowest BCUT2D eigenvalue weighted by molar-refractivity contribution is -0.145. The maximum Gasteiger partial charge on any atom is 0.330 e. The third-order valence-electron chi connectivity index (χ3n) is 2.32. The Morgan fingerprint density at radius 2 is 1.95 bits per heavy atom. The average Bonchev–Trinajstić information content (AvgIpc) is 2.39. The summed E-state index contributed by atoms with van der Waals surface area (Å²) in [4.78, 5) is 23.4. The summed E-state index contributed by atoms with van der Waals surface area (Å²) in [6.45, 7) is 2.31.